The summed E-state index contributed by atoms with van der Waals surface area (Å²) in [5, 5.41) is 6.06. The summed E-state index contributed by atoms with van der Waals surface area (Å²) in [6, 6.07) is 12.5. The van der Waals surface area contributed by atoms with Crippen LogP contribution < -0.4 is 10.6 Å². The van der Waals surface area contributed by atoms with Gasteiger partial charge in [0.1, 0.15) is 5.82 Å². The highest BCUT2D eigenvalue weighted by Crippen LogP contribution is 2.22. The molecule has 0 aromatic heterocycles. The van der Waals surface area contributed by atoms with Gasteiger partial charge in [0.25, 0.3) is 0 Å². The average molecular weight is 402 g/mol. The average Bonchev–Trinajstić information content (AvgIpc) is 2.66. The highest BCUT2D eigenvalue weighted by Gasteiger charge is 2.39. The summed E-state index contributed by atoms with van der Waals surface area (Å²) in [5.74, 6) is -0.339. The molecule has 3 rings (SSSR count). The Labute approximate surface area is 168 Å². The van der Waals surface area contributed by atoms with E-state index in [1.54, 1.807) is 37.7 Å². The van der Waals surface area contributed by atoms with Gasteiger partial charge in [-0.15, -0.1) is 11.8 Å². The first-order chi connectivity index (χ1) is 13.4. The molecule has 0 saturated carbocycles. The predicted molar refractivity (Wildman–Crippen MR) is 108 cm³/mol. The first-order valence-electron chi connectivity index (χ1n) is 8.94. The van der Waals surface area contributed by atoms with Crippen molar-refractivity contribution in [3.05, 3.63) is 59.9 Å². The van der Waals surface area contributed by atoms with Crippen molar-refractivity contribution in [3.63, 3.8) is 0 Å². The van der Waals surface area contributed by atoms with Crippen molar-refractivity contribution >= 4 is 29.5 Å². The van der Waals surface area contributed by atoms with Gasteiger partial charge in [-0.1, -0.05) is 18.2 Å². The fraction of sp³-hybridized carbons (Fsp3) is 0.300. The van der Waals surface area contributed by atoms with Gasteiger partial charge in [0.05, 0.1) is 6.54 Å². The van der Waals surface area contributed by atoms with Crippen LogP contribution in [0.4, 0.5) is 19.7 Å². The van der Waals surface area contributed by atoms with Crippen molar-refractivity contribution in [1.82, 2.24) is 15.1 Å². The third kappa shape index (κ3) is 4.39. The van der Waals surface area contributed by atoms with Gasteiger partial charge >= 0.3 is 12.1 Å². The number of imide groups is 1. The molecule has 6 nitrogen and oxygen atoms in total. The number of thioether (sulfide) groups is 1. The van der Waals surface area contributed by atoms with Crippen molar-refractivity contribution in [2.75, 3.05) is 11.6 Å². The quantitative estimate of drug-likeness (QED) is 0.707. The number of carbonyl (C=O) groups excluding carboxylic acids is 2. The van der Waals surface area contributed by atoms with Crippen LogP contribution in [0.1, 0.15) is 19.4 Å². The van der Waals surface area contributed by atoms with Crippen LogP contribution >= 0.6 is 11.8 Å². The zero-order valence-corrected chi connectivity index (χ0v) is 16.8. The molecule has 1 saturated heterocycles. The van der Waals surface area contributed by atoms with Gasteiger partial charge in [-0.2, -0.15) is 0 Å². The molecule has 1 unspecified atom stereocenters. The number of anilines is 1. The molecule has 1 atom stereocenters. The van der Waals surface area contributed by atoms with E-state index in [4.69, 9.17) is 0 Å². The van der Waals surface area contributed by atoms with E-state index in [0.717, 1.165) is 16.1 Å². The molecular formula is C20H23FN4O2S. The van der Waals surface area contributed by atoms with E-state index >= 15 is 0 Å². The van der Waals surface area contributed by atoms with E-state index in [2.05, 4.69) is 10.6 Å². The Balaban J connectivity index is 1.88. The largest absolute Gasteiger partial charge is 0.348 e. The molecule has 8 heteroatoms. The van der Waals surface area contributed by atoms with Gasteiger partial charge in [0.15, 0.2) is 6.29 Å². The van der Waals surface area contributed by atoms with Crippen LogP contribution in [0.5, 0.6) is 0 Å². The number of hydrogen-bond acceptors (Lipinski definition) is 4. The Morgan fingerprint density at radius 1 is 1.18 bits per heavy atom. The van der Waals surface area contributed by atoms with E-state index in [0.29, 0.717) is 0 Å². The monoisotopic (exact) mass is 402 g/mol. The Morgan fingerprint density at radius 2 is 1.89 bits per heavy atom. The summed E-state index contributed by atoms with van der Waals surface area (Å²) in [7, 11) is 0. The number of amides is 4. The van der Waals surface area contributed by atoms with E-state index in [1.165, 1.54) is 21.9 Å². The Morgan fingerprint density at radius 3 is 2.54 bits per heavy atom. The van der Waals surface area contributed by atoms with Gasteiger partial charge in [-0.3, -0.25) is 10.2 Å². The lowest BCUT2D eigenvalue weighted by Crippen LogP contribution is -2.68. The maximum atomic E-state index is 13.2. The van der Waals surface area contributed by atoms with Crippen molar-refractivity contribution in [2.24, 2.45) is 0 Å². The zero-order valence-electron chi connectivity index (χ0n) is 16.0. The van der Waals surface area contributed by atoms with Crippen LogP contribution in [0.3, 0.4) is 0 Å². The summed E-state index contributed by atoms with van der Waals surface area (Å²) < 4.78 is 13.2. The molecule has 4 amide bonds. The van der Waals surface area contributed by atoms with E-state index in [9.17, 15) is 14.0 Å². The number of urea groups is 2. The van der Waals surface area contributed by atoms with Crippen molar-refractivity contribution in [3.8, 4) is 0 Å². The summed E-state index contributed by atoms with van der Waals surface area (Å²) in [6.45, 7) is 3.79. The molecule has 1 fully saturated rings. The third-order valence-electron chi connectivity index (χ3n) is 4.40. The topological polar surface area (TPSA) is 64.7 Å². The third-order valence-corrected chi connectivity index (χ3v) is 5.12. The number of halogens is 1. The van der Waals surface area contributed by atoms with Crippen LogP contribution in [-0.2, 0) is 6.54 Å². The number of benzene rings is 2. The highest BCUT2D eigenvalue weighted by molar-refractivity contribution is 7.98. The molecular weight excluding hydrogens is 379 g/mol. The van der Waals surface area contributed by atoms with Crippen molar-refractivity contribution in [1.29, 1.82) is 0 Å². The van der Waals surface area contributed by atoms with Crippen LogP contribution in [0.25, 0.3) is 0 Å². The molecule has 2 N–H and O–H groups in total. The first kappa shape index (κ1) is 20.0. The fourth-order valence-electron chi connectivity index (χ4n) is 2.99. The van der Waals surface area contributed by atoms with E-state index in [-0.39, 0.29) is 18.4 Å². The molecule has 0 bridgehead atoms. The molecule has 0 aliphatic carbocycles. The fourth-order valence-corrected chi connectivity index (χ4v) is 3.45. The molecule has 148 valence electrons. The van der Waals surface area contributed by atoms with Gasteiger partial charge in [0.2, 0.25) is 0 Å². The summed E-state index contributed by atoms with van der Waals surface area (Å²) in [4.78, 5) is 29.3. The molecule has 28 heavy (non-hydrogen) atoms. The molecule has 2 aromatic carbocycles. The smallest absolute Gasteiger partial charge is 0.331 e. The van der Waals surface area contributed by atoms with Crippen LogP contribution in [0, 0.1) is 5.82 Å². The van der Waals surface area contributed by atoms with Gasteiger partial charge in [0, 0.05) is 16.6 Å². The lowest BCUT2D eigenvalue weighted by molar-refractivity contribution is 0.0975. The van der Waals surface area contributed by atoms with Crippen molar-refractivity contribution in [2.45, 2.75) is 37.6 Å². The number of hydrogen-bond donors (Lipinski definition) is 2. The number of nitrogens with zero attached hydrogens (tertiary/aromatic N) is 2. The SMILES string of the molecule is CSc1cccc(NC2NC(=O)N(C(C)C)C(=O)N2Cc2ccc(F)cc2)c1. The maximum Gasteiger partial charge on any atom is 0.331 e. The van der Waals surface area contributed by atoms with Crippen LogP contribution in [0.15, 0.2) is 53.4 Å². The lowest BCUT2D eigenvalue weighted by Gasteiger charge is -2.42. The number of carbonyl (C=O) groups is 2. The number of rotatable bonds is 6. The van der Waals surface area contributed by atoms with Crippen LogP contribution in [-0.4, -0.2) is 40.4 Å². The normalized spacial score (nSPS) is 17.1. The molecule has 1 heterocycles. The molecule has 2 aromatic rings. The Bertz CT molecular complexity index is 860. The molecule has 1 aliphatic rings. The second-order valence-electron chi connectivity index (χ2n) is 6.73. The van der Waals surface area contributed by atoms with E-state index in [1.807, 2.05) is 30.5 Å². The first-order valence-corrected chi connectivity index (χ1v) is 10.2. The highest BCUT2D eigenvalue weighted by atomic mass is 32.2. The van der Waals surface area contributed by atoms with Gasteiger partial charge in [-0.05, 0) is 56.0 Å². The van der Waals surface area contributed by atoms with Crippen molar-refractivity contribution < 1.29 is 14.0 Å². The summed E-state index contributed by atoms with van der Waals surface area (Å²) >= 11 is 1.60. The second kappa shape index (κ2) is 8.52. The maximum absolute atomic E-state index is 13.2. The Hall–Kier alpha value is -2.74. The minimum atomic E-state index is -0.725. The molecule has 0 radical (unpaired) electrons. The minimum Gasteiger partial charge on any atom is -0.348 e. The van der Waals surface area contributed by atoms with Gasteiger partial charge in [-0.25, -0.2) is 18.9 Å². The summed E-state index contributed by atoms with van der Waals surface area (Å²) in [5.41, 5.74) is 1.55. The lowest BCUT2D eigenvalue weighted by atomic mass is 10.2. The zero-order chi connectivity index (χ0) is 20.3. The van der Waals surface area contributed by atoms with Crippen LogP contribution in [0.2, 0.25) is 0 Å². The van der Waals surface area contributed by atoms with Gasteiger partial charge < -0.3 is 5.32 Å². The summed E-state index contributed by atoms with van der Waals surface area (Å²) in [6.07, 6.45) is 1.25. The molecule has 0 spiro atoms. The predicted octanol–water partition coefficient (Wildman–Crippen LogP) is 4.30. The Kier molecular flexibility index (Phi) is 6.08. The standard InChI is InChI=1S/C20H23FN4O2S/c1-13(2)25-19(26)23-18(22-16-5-4-6-17(11-16)28-3)24(20(25)27)12-14-7-9-15(21)10-8-14/h4-11,13,18,22H,12H2,1-3H3,(H,23,26). The second-order valence-corrected chi connectivity index (χ2v) is 7.61. The number of nitrogens with one attached hydrogen (secondary N) is 2. The van der Waals surface area contributed by atoms with E-state index < -0.39 is 18.4 Å². The minimum absolute atomic E-state index is 0.225. The molecule has 1 aliphatic heterocycles.